The van der Waals surface area contributed by atoms with Crippen LogP contribution in [-0.4, -0.2) is 6.79 Å². The number of hydrogen-bond donors (Lipinski definition) is 0. The molecule has 4 aromatic rings. The molecule has 4 nitrogen and oxygen atoms in total. The number of halogens is 1. The predicted molar refractivity (Wildman–Crippen MR) is 145 cm³/mol. The normalized spacial score (nSPS) is 12.6. The molecule has 6 heteroatoms. The number of benzene rings is 4. The van der Waals surface area contributed by atoms with E-state index in [1.807, 2.05) is 88.4 Å². The van der Waals surface area contributed by atoms with Crippen LogP contribution in [0.4, 0.5) is 0 Å². The maximum Gasteiger partial charge on any atom is 0.231 e. The lowest BCUT2D eigenvalue weighted by Crippen LogP contribution is -2.27. The molecule has 35 heavy (non-hydrogen) atoms. The zero-order valence-corrected chi connectivity index (χ0v) is 22.6. The molecular weight excluding hydrogens is 523 g/mol. The van der Waals surface area contributed by atoms with Gasteiger partial charge in [-0.25, -0.2) is 0 Å². The fourth-order valence-corrected chi connectivity index (χ4v) is 8.84. The van der Waals surface area contributed by atoms with Crippen LogP contribution in [0.1, 0.15) is 22.3 Å². The molecule has 0 fully saturated rings. The lowest BCUT2D eigenvalue weighted by molar-refractivity contribution is 0.171. The Morgan fingerprint density at radius 1 is 0.743 bits per heavy atom. The van der Waals surface area contributed by atoms with Crippen molar-refractivity contribution in [2.75, 3.05) is 6.79 Å². The van der Waals surface area contributed by atoms with Gasteiger partial charge in [-0.15, -0.1) is 0 Å². The number of ether oxygens (including phenoxy) is 3. The van der Waals surface area contributed by atoms with Gasteiger partial charge in [-0.1, -0.05) is 52.6 Å². The van der Waals surface area contributed by atoms with Crippen molar-refractivity contribution in [2.45, 2.75) is 27.7 Å². The van der Waals surface area contributed by atoms with E-state index in [9.17, 15) is 0 Å². The van der Waals surface area contributed by atoms with Crippen LogP contribution in [0.15, 0.2) is 77.3 Å². The van der Waals surface area contributed by atoms with E-state index in [1.54, 1.807) is 0 Å². The van der Waals surface area contributed by atoms with Crippen molar-refractivity contribution in [2.24, 2.45) is 0 Å². The van der Waals surface area contributed by atoms with Crippen molar-refractivity contribution in [1.82, 2.24) is 0 Å². The van der Waals surface area contributed by atoms with Gasteiger partial charge < -0.3 is 18.8 Å². The summed E-state index contributed by atoms with van der Waals surface area (Å²) >= 11 is 3.72. The lowest BCUT2D eigenvalue weighted by Gasteiger charge is -2.24. The van der Waals surface area contributed by atoms with Crippen molar-refractivity contribution in [1.29, 1.82) is 0 Å². The molecule has 0 aromatic heterocycles. The molecule has 4 aromatic carbocycles. The molecule has 1 heterocycles. The van der Waals surface area contributed by atoms with E-state index >= 15 is 4.57 Å². The Morgan fingerprint density at radius 2 is 1.26 bits per heavy atom. The van der Waals surface area contributed by atoms with Gasteiger partial charge in [0.1, 0.15) is 5.75 Å². The average Bonchev–Trinajstić information content (AvgIpc) is 3.31. The van der Waals surface area contributed by atoms with Crippen LogP contribution in [0.5, 0.6) is 23.0 Å². The van der Waals surface area contributed by atoms with Crippen LogP contribution in [0, 0.1) is 27.7 Å². The van der Waals surface area contributed by atoms with Gasteiger partial charge in [0.2, 0.25) is 12.5 Å². The smallest absolute Gasteiger partial charge is 0.231 e. The summed E-state index contributed by atoms with van der Waals surface area (Å²) in [5.74, 6) is 2.13. The third kappa shape index (κ3) is 4.39. The number of hydrogen-bond acceptors (Lipinski definition) is 4. The maximum atomic E-state index is 15.5. The maximum absolute atomic E-state index is 15.5. The lowest BCUT2D eigenvalue weighted by atomic mass is 10.2. The Labute approximate surface area is 214 Å². The monoisotopic (exact) mass is 548 g/mol. The SMILES string of the molecule is Cc1cc(C)cc(P(=O)(c2cc(C)cc(C)c2)c2cc(Oc3ccccc3)c3c(c2Br)OCO3)c1. The second-order valence-corrected chi connectivity index (χ2v) is 12.5. The van der Waals surface area contributed by atoms with Crippen molar-refractivity contribution >= 4 is 39.0 Å². The van der Waals surface area contributed by atoms with Gasteiger partial charge in [0.15, 0.2) is 18.6 Å². The zero-order valence-electron chi connectivity index (χ0n) is 20.1. The van der Waals surface area contributed by atoms with Crippen molar-refractivity contribution in [3.8, 4) is 23.0 Å². The molecule has 0 amide bonds. The molecule has 5 rings (SSSR count). The molecule has 0 radical (unpaired) electrons. The number of aryl methyl sites for hydroxylation is 4. The fourth-order valence-electron chi connectivity index (χ4n) is 4.61. The molecular formula is C29H26BrO4P. The molecule has 0 spiro atoms. The average molecular weight is 549 g/mol. The Morgan fingerprint density at radius 3 is 1.80 bits per heavy atom. The van der Waals surface area contributed by atoms with E-state index in [0.717, 1.165) is 32.9 Å². The standard InChI is InChI=1S/C29H26BrO4P/c1-18-10-19(2)13-23(12-18)35(31,24-14-20(3)11-21(4)15-24)26-16-25(34-22-8-6-5-7-9-22)28-29(27(26)30)33-17-32-28/h5-16H,17H2,1-4H3. The van der Waals surface area contributed by atoms with E-state index in [1.165, 1.54) is 0 Å². The first-order valence-corrected chi connectivity index (χ1v) is 13.9. The summed E-state index contributed by atoms with van der Waals surface area (Å²) in [6.07, 6.45) is 0. The summed E-state index contributed by atoms with van der Waals surface area (Å²) in [5, 5.41) is 2.15. The summed E-state index contributed by atoms with van der Waals surface area (Å²) < 4.78 is 33.9. The van der Waals surface area contributed by atoms with Gasteiger partial charge in [-0.3, -0.25) is 0 Å². The highest BCUT2D eigenvalue weighted by Gasteiger charge is 2.37. The van der Waals surface area contributed by atoms with Gasteiger partial charge in [-0.2, -0.15) is 0 Å². The number of para-hydroxylation sites is 1. The fraction of sp³-hybridized carbons (Fsp3) is 0.172. The van der Waals surface area contributed by atoms with Gasteiger partial charge in [0, 0.05) is 15.9 Å². The molecule has 1 aliphatic rings. The molecule has 0 N–H and O–H groups in total. The van der Waals surface area contributed by atoms with Crippen LogP contribution in [0.2, 0.25) is 0 Å². The molecule has 0 unspecified atom stereocenters. The molecule has 1 aliphatic heterocycles. The summed E-state index contributed by atoms with van der Waals surface area (Å²) in [5.41, 5.74) is 4.23. The van der Waals surface area contributed by atoms with Crippen LogP contribution in [0.25, 0.3) is 0 Å². The Hall–Kier alpha value is -3.01. The topological polar surface area (TPSA) is 44.8 Å². The summed E-state index contributed by atoms with van der Waals surface area (Å²) in [6.45, 7) is 8.18. The minimum atomic E-state index is -3.35. The van der Waals surface area contributed by atoms with Crippen LogP contribution < -0.4 is 30.1 Å². The Balaban J connectivity index is 1.82. The van der Waals surface area contributed by atoms with E-state index in [-0.39, 0.29) is 6.79 Å². The second-order valence-electron chi connectivity index (χ2n) is 8.99. The van der Waals surface area contributed by atoms with E-state index in [0.29, 0.717) is 32.8 Å². The van der Waals surface area contributed by atoms with Gasteiger partial charge in [-0.05, 0) is 86.1 Å². The molecule has 0 atom stereocenters. The van der Waals surface area contributed by atoms with Crippen molar-refractivity contribution in [3.63, 3.8) is 0 Å². The largest absolute Gasteiger partial charge is 0.453 e. The van der Waals surface area contributed by atoms with Crippen LogP contribution >= 0.6 is 23.1 Å². The van der Waals surface area contributed by atoms with Crippen LogP contribution in [-0.2, 0) is 4.57 Å². The van der Waals surface area contributed by atoms with Crippen molar-refractivity contribution in [3.05, 3.63) is 99.5 Å². The van der Waals surface area contributed by atoms with Gasteiger partial charge >= 0.3 is 0 Å². The van der Waals surface area contributed by atoms with E-state index in [2.05, 4.69) is 28.1 Å². The van der Waals surface area contributed by atoms with Crippen LogP contribution in [0.3, 0.4) is 0 Å². The first-order valence-electron chi connectivity index (χ1n) is 11.4. The van der Waals surface area contributed by atoms with Gasteiger partial charge in [0.25, 0.3) is 0 Å². The highest BCUT2D eigenvalue weighted by atomic mass is 79.9. The molecule has 0 saturated carbocycles. The molecule has 0 saturated heterocycles. The Bertz CT molecular complexity index is 1380. The Kier molecular flexibility index (Phi) is 6.25. The minimum Gasteiger partial charge on any atom is -0.453 e. The third-order valence-corrected chi connectivity index (χ3v) is 10.1. The third-order valence-electron chi connectivity index (χ3n) is 5.98. The van der Waals surface area contributed by atoms with E-state index < -0.39 is 7.14 Å². The zero-order chi connectivity index (χ0) is 24.7. The summed E-state index contributed by atoms with van der Waals surface area (Å²) in [6, 6.07) is 23.6. The number of fused-ring (bicyclic) bond motifs is 1. The molecule has 178 valence electrons. The van der Waals surface area contributed by atoms with E-state index in [4.69, 9.17) is 14.2 Å². The predicted octanol–water partition coefficient (Wildman–Crippen LogP) is 6.84. The first kappa shape index (κ1) is 23.7. The highest BCUT2D eigenvalue weighted by molar-refractivity contribution is 9.10. The second kappa shape index (κ2) is 9.22. The minimum absolute atomic E-state index is 0.0694. The first-order chi connectivity index (χ1) is 16.8. The highest BCUT2D eigenvalue weighted by Crippen LogP contribution is 2.53. The summed E-state index contributed by atoms with van der Waals surface area (Å²) in [4.78, 5) is 0. The number of rotatable bonds is 5. The molecule has 0 bridgehead atoms. The van der Waals surface area contributed by atoms with Gasteiger partial charge in [0.05, 0.1) is 4.47 Å². The van der Waals surface area contributed by atoms with Crippen molar-refractivity contribution < 1.29 is 18.8 Å². The molecule has 0 aliphatic carbocycles. The summed E-state index contributed by atoms with van der Waals surface area (Å²) in [7, 11) is -3.35. The quantitative estimate of drug-likeness (QED) is 0.256.